The molecule has 0 aromatic carbocycles. The lowest BCUT2D eigenvalue weighted by Gasteiger charge is -2.14. The summed E-state index contributed by atoms with van der Waals surface area (Å²) >= 11 is 0. The van der Waals surface area contributed by atoms with Crippen LogP contribution >= 0.6 is 0 Å². The van der Waals surface area contributed by atoms with Gasteiger partial charge in [0.2, 0.25) is 5.91 Å². The third kappa shape index (κ3) is 4.87. The summed E-state index contributed by atoms with van der Waals surface area (Å²) in [6.45, 7) is 5.83. The van der Waals surface area contributed by atoms with Gasteiger partial charge in [0.25, 0.3) is 0 Å². The average Bonchev–Trinajstić information content (AvgIpc) is 2.75. The Morgan fingerprint density at radius 1 is 1.59 bits per heavy atom. The van der Waals surface area contributed by atoms with Crippen molar-refractivity contribution in [3.8, 4) is 0 Å². The molecule has 94 valence electrons. The zero-order valence-corrected chi connectivity index (χ0v) is 10.4. The molecule has 0 radical (unpaired) electrons. The number of aliphatic hydroxyl groups is 1. The van der Waals surface area contributed by atoms with Gasteiger partial charge in [0.05, 0.1) is 12.9 Å². The Balaban J connectivity index is 2.58. The minimum Gasteiger partial charge on any atom is -0.467 e. The van der Waals surface area contributed by atoms with Gasteiger partial charge in [0, 0.05) is 0 Å². The summed E-state index contributed by atoms with van der Waals surface area (Å²) in [5, 5.41) is 11.8. The molecular weight excluding hydrogens is 218 g/mol. The van der Waals surface area contributed by atoms with Gasteiger partial charge >= 0.3 is 0 Å². The molecule has 1 aromatic heterocycles. The fourth-order valence-electron chi connectivity index (χ4n) is 1.24. The van der Waals surface area contributed by atoms with Crippen molar-refractivity contribution < 1.29 is 14.3 Å². The maximum absolute atomic E-state index is 11.6. The number of carbonyl (C=O) groups is 1. The van der Waals surface area contributed by atoms with E-state index in [4.69, 9.17) is 4.42 Å². The number of hydrogen-bond donors (Lipinski definition) is 2. The highest BCUT2D eigenvalue weighted by Gasteiger charge is 2.15. The maximum Gasteiger partial charge on any atom is 0.244 e. The van der Waals surface area contributed by atoms with Crippen LogP contribution in [0.2, 0.25) is 0 Å². The minimum atomic E-state index is -0.498. The molecule has 1 atom stereocenters. The van der Waals surface area contributed by atoms with Gasteiger partial charge in [-0.2, -0.15) is 0 Å². The molecule has 1 amide bonds. The largest absolute Gasteiger partial charge is 0.467 e. The molecule has 4 heteroatoms. The molecule has 1 heterocycles. The first kappa shape index (κ1) is 13.5. The van der Waals surface area contributed by atoms with E-state index in [0.29, 0.717) is 5.76 Å². The molecule has 0 fully saturated rings. The van der Waals surface area contributed by atoms with Gasteiger partial charge in [-0.25, -0.2) is 0 Å². The van der Waals surface area contributed by atoms with Crippen LogP contribution in [0.15, 0.2) is 35.0 Å². The zero-order chi connectivity index (χ0) is 12.9. The second-order valence-electron chi connectivity index (χ2n) is 4.96. The highest BCUT2D eigenvalue weighted by molar-refractivity contribution is 5.87. The Hall–Kier alpha value is -1.55. The van der Waals surface area contributed by atoms with Gasteiger partial charge in [-0.1, -0.05) is 26.8 Å². The molecule has 1 aromatic rings. The predicted octanol–water partition coefficient (Wildman–Crippen LogP) is 2.03. The van der Waals surface area contributed by atoms with Crippen LogP contribution in [0.25, 0.3) is 0 Å². The smallest absolute Gasteiger partial charge is 0.244 e. The van der Waals surface area contributed by atoms with Crippen molar-refractivity contribution in [1.29, 1.82) is 0 Å². The second-order valence-corrected chi connectivity index (χ2v) is 4.96. The second kappa shape index (κ2) is 5.68. The van der Waals surface area contributed by atoms with Crippen LogP contribution in [0.3, 0.4) is 0 Å². The third-order valence-corrected chi connectivity index (χ3v) is 2.12. The first-order chi connectivity index (χ1) is 7.92. The lowest BCUT2D eigenvalue weighted by atomic mass is 9.96. The quantitative estimate of drug-likeness (QED) is 0.788. The summed E-state index contributed by atoms with van der Waals surface area (Å²) in [5.41, 5.74) is -0.0449. The number of allylic oxidation sites excluding steroid dienone is 1. The number of hydrogen-bond acceptors (Lipinski definition) is 3. The van der Waals surface area contributed by atoms with Crippen molar-refractivity contribution in [1.82, 2.24) is 5.32 Å². The van der Waals surface area contributed by atoms with E-state index < -0.39 is 6.04 Å². The van der Waals surface area contributed by atoms with Crippen LogP contribution in [0.1, 0.15) is 32.6 Å². The number of nitrogens with one attached hydrogen (secondary N) is 1. The van der Waals surface area contributed by atoms with Crippen molar-refractivity contribution in [3.05, 3.63) is 36.3 Å². The van der Waals surface area contributed by atoms with Crippen molar-refractivity contribution in [2.45, 2.75) is 26.8 Å². The Morgan fingerprint density at radius 2 is 2.29 bits per heavy atom. The Labute approximate surface area is 101 Å². The van der Waals surface area contributed by atoms with Crippen molar-refractivity contribution >= 4 is 5.91 Å². The van der Waals surface area contributed by atoms with E-state index in [1.54, 1.807) is 12.1 Å². The van der Waals surface area contributed by atoms with Crippen LogP contribution in [-0.4, -0.2) is 17.6 Å². The molecule has 0 aliphatic carbocycles. The number of amides is 1. The number of aliphatic hydroxyl groups excluding tert-OH is 1. The molecule has 4 nitrogen and oxygen atoms in total. The highest BCUT2D eigenvalue weighted by Crippen LogP contribution is 2.15. The van der Waals surface area contributed by atoms with Gasteiger partial charge in [-0.15, -0.1) is 0 Å². The number of rotatable bonds is 4. The normalized spacial score (nSPS) is 13.9. The summed E-state index contributed by atoms with van der Waals surface area (Å²) < 4.78 is 5.13. The standard InChI is InChI=1S/C13H19NO3/c1-13(2,3)7-6-12(16)14-10(9-15)11-5-4-8-17-11/h4-8,10,15H,9H2,1-3H3,(H,14,16)/b7-6+. The molecular formula is C13H19NO3. The van der Waals surface area contributed by atoms with Crippen LogP contribution in [0.4, 0.5) is 0 Å². The fraction of sp³-hybridized carbons (Fsp3) is 0.462. The van der Waals surface area contributed by atoms with Crippen LogP contribution in [0, 0.1) is 5.41 Å². The molecule has 0 bridgehead atoms. The molecule has 0 aliphatic heterocycles. The molecule has 0 aliphatic rings. The van der Waals surface area contributed by atoms with Gasteiger partial charge in [0.1, 0.15) is 11.8 Å². The topological polar surface area (TPSA) is 62.5 Å². The van der Waals surface area contributed by atoms with Crippen LogP contribution in [-0.2, 0) is 4.79 Å². The Morgan fingerprint density at radius 3 is 2.76 bits per heavy atom. The van der Waals surface area contributed by atoms with Gasteiger partial charge in [-0.05, 0) is 23.6 Å². The molecule has 0 spiro atoms. The lowest BCUT2D eigenvalue weighted by Crippen LogP contribution is -2.29. The molecule has 17 heavy (non-hydrogen) atoms. The first-order valence-electron chi connectivity index (χ1n) is 5.56. The van der Waals surface area contributed by atoms with E-state index in [0.717, 1.165) is 0 Å². The molecule has 1 unspecified atom stereocenters. The monoisotopic (exact) mass is 237 g/mol. The first-order valence-corrected chi connectivity index (χ1v) is 5.56. The number of carbonyl (C=O) groups excluding carboxylic acids is 1. The van der Waals surface area contributed by atoms with Gasteiger partial charge in [0.15, 0.2) is 0 Å². The van der Waals surface area contributed by atoms with Crippen LogP contribution in [0.5, 0.6) is 0 Å². The lowest BCUT2D eigenvalue weighted by molar-refractivity contribution is -0.117. The van der Waals surface area contributed by atoms with E-state index >= 15 is 0 Å². The summed E-state index contributed by atoms with van der Waals surface area (Å²) in [6.07, 6.45) is 4.81. The molecule has 0 saturated carbocycles. The molecule has 0 saturated heterocycles. The minimum absolute atomic E-state index is 0.0449. The predicted molar refractivity (Wildman–Crippen MR) is 65.3 cm³/mol. The van der Waals surface area contributed by atoms with E-state index in [1.165, 1.54) is 12.3 Å². The summed E-state index contributed by atoms with van der Waals surface area (Å²) in [5.74, 6) is 0.306. The van der Waals surface area contributed by atoms with Gasteiger partial charge in [-0.3, -0.25) is 4.79 Å². The van der Waals surface area contributed by atoms with Crippen molar-refractivity contribution in [2.75, 3.05) is 6.61 Å². The maximum atomic E-state index is 11.6. The van der Waals surface area contributed by atoms with Crippen molar-refractivity contribution in [2.24, 2.45) is 5.41 Å². The molecule has 1 rings (SSSR count). The van der Waals surface area contributed by atoms with E-state index in [-0.39, 0.29) is 17.9 Å². The summed E-state index contributed by atoms with van der Waals surface area (Å²) in [4.78, 5) is 11.6. The number of furan rings is 1. The SMILES string of the molecule is CC(C)(C)/C=C/C(=O)NC(CO)c1ccco1. The summed E-state index contributed by atoms with van der Waals surface area (Å²) in [7, 11) is 0. The highest BCUT2D eigenvalue weighted by atomic mass is 16.3. The van der Waals surface area contributed by atoms with E-state index in [2.05, 4.69) is 5.32 Å². The third-order valence-electron chi connectivity index (χ3n) is 2.12. The summed E-state index contributed by atoms with van der Waals surface area (Å²) in [6, 6.07) is 2.94. The molecule has 2 N–H and O–H groups in total. The zero-order valence-electron chi connectivity index (χ0n) is 10.4. The van der Waals surface area contributed by atoms with Crippen LogP contribution < -0.4 is 5.32 Å². The average molecular weight is 237 g/mol. The Bertz CT molecular complexity index is 374. The van der Waals surface area contributed by atoms with Gasteiger partial charge < -0.3 is 14.8 Å². The van der Waals surface area contributed by atoms with Crippen molar-refractivity contribution in [3.63, 3.8) is 0 Å². The van der Waals surface area contributed by atoms with E-state index in [9.17, 15) is 9.90 Å². The Kier molecular flexibility index (Phi) is 4.52. The fourth-order valence-corrected chi connectivity index (χ4v) is 1.24. The van der Waals surface area contributed by atoms with E-state index in [1.807, 2.05) is 26.8 Å².